The summed E-state index contributed by atoms with van der Waals surface area (Å²) in [6.07, 6.45) is 4.74. The maximum absolute atomic E-state index is 6.07. The molecule has 6 heteroatoms. The van der Waals surface area contributed by atoms with Gasteiger partial charge in [0, 0.05) is 23.9 Å². The molecule has 1 aliphatic heterocycles. The zero-order valence-corrected chi connectivity index (χ0v) is 12.1. The van der Waals surface area contributed by atoms with Crippen LogP contribution >= 0.6 is 11.8 Å². The molecular weight excluding hydrogens is 272 g/mol. The maximum atomic E-state index is 6.07. The van der Waals surface area contributed by atoms with E-state index in [1.807, 2.05) is 49.4 Å². The van der Waals surface area contributed by atoms with Crippen molar-refractivity contribution >= 4 is 11.8 Å². The number of hydrogen-bond donors (Lipinski definition) is 2. The molecule has 0 radical (unpaired) electrons. The van der Waals surface area contributed by atoms with Gasteiger partial charge in [-0.2, -0.15) is 5.10 Å². The van der Waals surface area contributed by atoms with E-state index >= 15 is 0 Å². The van der Waals surface area contributed by atoms with E-state index in [4.69, 9.17) is 10.6 Å². The largest absolute Gasteiger partial charge is 0.487 e. The molecule has 106 valence electrons. The fourth-order valence-electron chi connectivity index (χ4n) is 2.36. The van der Waals surface area contributed by atoms with Gasteiger partial charge in [0.1, 0.15) is 11.9 Å². The Balaban J connectivity index is 1.71. The van der Waals surface area contributed by atoms with Gasteiger partial charge >= 0.3 is 0 Å². The highest BCUT2D eigenvalue weighted by molar-refractivity contribution is 7.99. The molecule has 0 saturated carbocycles. The number of nitrogens with two attached hydrogens (primary N) is 1. The average molecular weight is 290 g/mol. The molecule has 2 heterocycles. The van der Waals surface area contributed by atoms with Gasteiger partial charge in [-0.1, -0.05) is 12.1 Å². The second-order valence-electron chi connectivity index (χ2n) is 4.91. The van der Waals surface area contributed by atoms with E-state index in [-0.39, 0.29) is 12.1 Å². The molecule has 0 fully saturated rings. The number of hydrazine groups is 1. The van der Waals surface area contributed by atoms with E-state index in [1.54, 1.807) is 4.68 Å². The van der Waals surface area contributed by atoms with E-state index in [2.05, 4.69) is 16.6 Å². The molecule has 0 amide bonds. The molecule has 2 aromatic rings. The number of para-hydroxylation sites is 1. The van der Waals surface area contributed by atoms with E-state index in [1.165, 1.54) is 4.90 Å². The highest BCUT2D eigenvalue weighted by atomic mass is 32.2. The van der Waals surface area contributed by atoms with Gasteiger partial charge in [0.15, 0.2) is 0 Å². The Morgan fingerprint density at radius 1 is 1.55 bits per heavy atom. The van der Waals surface area contributed by atoms with Gasteiger partial charge in [-0.3, -0.25) is 16.0 Å². The first-order valence-corrected chi connectivity index (χ1v) is 7.57. The van der Waals surface area contributed by atoms with Crippen LogP contribution in [0.5, 0.6) is 5.75 Å². The topological polar surface area (TPSA) is 65.1 Å². The van der Waals surface area contributed by atoms with Gasteiger partial charge in [0.05, 0.1) is 12.2 Å². The predicted octanol–water partition coefficient (Wildman–Crippen LogP) is 1.35. The Morgan fingerprint density at radius 2 is 2.40 bits per heavy atom. The zero-order chi connectivity index (χ0) is 13.9. The number of thioether (sulfide) groups is 1. The molecule has 2 unspecified atom stereocenters. The third kappa shape index (κ3) is 2.82. The predicted molar refractivity (Wildman–Crippen MR) is 79.6 cm³/mol. The van der Waals surface area contributed by atoms with Crippen molar-refractivity contribution < 1.29 is 4.74 Å². The minimum Gasteiger partial charge on any atom is -0.487 e. The van der Waals surface area contributed by atoms with Crippen LogP contribution in [-0.4, -0.2) is 27.7 Å². The van der Waals surface area contributed by atoms with E-state index in [0.29, 0.717) is 0 Å². The molecular formula is C14H18N4OS. The first kappa shape index (κ1) is 13.5. The van der Waals surface area contributed by atoms with Crippen LogP contribution in [0.15, 0.2) is 41.6 Å². The van der Waals surface area contributed by atoms with Crippen LogP contribution in [0.25, 0.3) is 0 Å². The van der Waals surface area contributed by atoms with Crippen molar-refractivity contribution in [3.8, 4) is 5.75 Å². The van der Waals surface area contributed by atoms with Gasteiger partial charge in [0.2, 0.25) is 0 Å². The van der Waals surface area contributed by atoms with Crippen LogP contribution in [-0.2, 0) is 13.5 Å². The Bertz CT molecular complexity index is 586. The Hall–Kier alpha value is -1.50. The monoisotopic (exact) mass is 290 g/mol. The smallest absolute Gasteiger partial charge is 0.133 e. The molecule has 3 N–H and O–H groups in total. The van der Waals surface area contributed by atoms with Crippen molar-refractivity contribution in [1.29, 1.82) is 0 Å². The molecule has 0 aliphatic carbocycles. The third-order valence-corrected chi connectivity index (χ3v) is 4.55. The first-order chi connectivity index (χ1) is 9.76. The Kier molecular flexibility index (Phi) is 3.95. The third-order valence-electron chi connectivity index (χ3n) is 3.41. The molecule has 2 atom stereocenters. The lowest BCUT2D eigenvalue weighted by atomic mass is 10.1. The van der Waals surface area contributed by atoms with Gasteiger partial charge in [0.25, 0.3) is 0 Å². The summed E-state index contributed by atoms with van der Waals surface area (Å²) in [6.45, 7) is 0. The number of fused-ring (bicyclic) bond motifs is 1. The second kappa shape index (κ2) is 5.87. The number of aromatic nitrogens is 2. The lowest BCUT2D eigenvalue weighted by Crippen LogP contribution is -2.49. The number of benzene rings is 1. The fourth-order valence-corrected chi connectivity index (χ4v) is 3.44. The molecule has 1 aromatic heterocycles. The summed E-state index contributed by atoms with van der Waals surface area (Å²) in [5, 5.41) is 4.19. The van der Waals surface area contributed by atoms with Gasteiger partial charge in [-0.05, 0) is 24.1 Å². The summed E-state index contributed by atoms with van der Waals surface area (Å²) in [5.74, 6) is 7.55. The lowest BCUT2D eigenvalue weighted by molar-refractivity contribution is 0.165. The maximum Gasteiger partial charge on any atom is 0.133 e. The molecule has 1 aromatic carbocycles. The summed E-state index contributed by atoms with van der Waals surface area (Å²) in [6, 6.07) is 8.19. The molecule has 1 aliphatic rings. The van der Waals surface area contributed by atoms with Crippen molar-refractivity contribution in [3.63, 3.8) is 0 Å². The van der Waals surface area contributed by atoms with Crippen molar-refractivity contribution in [3.05, 3.63) is 42.2 Å². The normalized spacial score (nSPS) is 19.2. The Labute approximate surface area is 122 Å². The van der Waals surface area contributed by atoms with Gasteiger partial charge in [-0.25, -0.2) is 0 Å². The molecule has 20 heavy (non-hydrogen) atoms. The summed E-state index contributed by atoms with van der Waals surface area (Å²) < 4.78 is 7.87. The molecule has 0 saturated heterocycles. The van der Waals surface area contributed by atoms with Crippen LogP contribution < -0.4 is 16.0 Å². The molecule has 0 spiro atoms. The van der Waals surface area contributed by atoms with Crippen LogP contribution in [0.1, 0.15) is 5.56 Å². The minimum absolute atomic E-state index is 0.0557. The minimum atomic E-state index is 0.0557. The van der Waals surface area contributed by atoms with Crippen LogP contribution in [0.3, 0.4) is 0 Å². The molecule has 5 nitrogen and oxygen atoms in total. The summed E-state index contributed by atoms with van der Waals surface area (Å²) >= 11 is 1.81. The highest BCUT2D eigenvalue weighted by Crippen LogP contribution is 2.35. The van der Waals surface area contributed by atoms with Crippen molar-refractivity contribution in [2.75, 3.05) is 5.75 Å². The van der Waals surface area contributed by atoms with Crippen molar-refractivity contribution in [1.82, 2.24) is 15.2 Å². The quantitative estimate of drug-likeness (QED) is 0.657. The number of rotatable bonds is 4. The van der Waals surface area contributed by atoms with E-state index in [9.17, 15) is 0 Å². The van der Waals surface area contributed by atoms with E-state index < -0.39 is 0 Å². The van der Waals surface area contributed by atoms with Crippen LogP contribution in [0, 0.1) is 0 Å². The average Bonchev–Trinajstić information content (AvgIpc) is 2.89. The summed E-state index contributed by atoms with van der Waals surface area (Å²) in [5.41, 5.74) is 4.04. The summed E-state index contributed by atoms with van der Waals surface area (Å²) in [7, 11) is 1.91. The number of nitrogens with one attached hydrogen (secondary N) is 1. The number of aryl methyl sites for hydroxylation is 1. The summed E-state index contributed by atoms with van der Waals surface area (Å²) in [4.78, 5) is 1.20. The van der Waals surface area contributed by atoms with Crippen molar-refractivity contribution in [2.45, 2.75) is 23.5 Å². The lowest BCUT2D eigenvalue weighted by Gasteiger charge is -2.31. The second-order valence-corrected chi connectivity index (χ2v) is 5.98. The highest BCUT2D eigenvalue weighted by Gasteiger charge is 2.27. The molecule has 3 rings (SSSR count). The zero-order valence-electron chi connectivity index (χ0n) is 11.3. The van der Waals surface area contributed by atoms with Gasteiger partial charge in [-0.15, -0.1) is 11.8 Å². The molecule has 0 bridgehead atoms. The first-order valence-electron chi connectivity index (χ1n) is 6.58. The SMILES string of the molecule is Cn1cc(CC(NN)C2CSc3ccccc3O2)cn1. The van der Waals surface area contributed by atoms with Gasteiger partial charge < -0.3 is 4.74 Å². The van der Waals surface area contributed by atoms with E-state index in [0.717, 1.165) is 23.5 Å². The number of hydrogen-bond acceptors (Lipinski definition) is 5. The van der Waals surface area contributed by atoms with Crippen LogP contribution in [0.4, 0.5) is 0 Å². The van der Waals surface area contributed by atoms with Crippen molar-refractivity contribution in [2.24, 2.45) is 12.9 Å². The number of nitrogens with zero attached hydrogens (tertiary/aromatic N) is 2. The standard InChI is InChI=1S/C14H18N4OS/c1-18-8-10(7-16-18)6-11(17-15)13-9-20-14-5-3-2-4-12(14)19-13/h2-5,7-8,11,13,17H,6,9,15H2,1H3. The Morgan fingerprint density at radius 3 is 3.15 bits per heavy atom. The fraction of sp³-hybridized carbons (Fsp3) is 0.357. The number of ether oxygens (including phenoxy) is 1. The van der Waals surface area contributed by atoms with Crippen LogP contribution in [0.2, 0.25) is 0 Å².